The summed E-state index contributed by atoms with van der Waals surface area (Å²) in [5.41, 5.74) is 1.75. The number of pyridine rings is 2. The quantitative estimate of drug-likeness (QED) is 0.898. The van der Waals surface area contributed by atoms with Gasteiger partial charge in [-0.15, -0.1) is 0 Å². The van der Waals surface area contributed by atoms with E-state index in [1.54, 1.807) is 24.5 Å². The lowest BCUT2D eigenvalue weighted by molar-refractivity contribution is 0.0602. The number of carbonyl (C=O) groups excluding carboxylic acids is 2. The van der Waals surface area contributed by atoms with Crippen molar-refractivity contribution in [1.29, 1.82) is 0 Å². The van der Waals surface area contributed by atoms with Gasteiger partial charge in [-0.1, -0.05) is 6.92 Å². The van der Waals surface area contributed by atoms with Gasteiger partial charge in [0, 0.05) is 43.3 Å². The van der Waals surface area contributed by atoms with Crippen LogP contribution in [0.1, 0.15) is 59.0 Å². The molecular weight excluding hydrogens is 328 g/mol. The molecular formula is C20H24N4O2. The number of nitrogens with zero attached hydrogens (tertiary/aromatic N) is 3. The van der Waals surface area contributed by atoms with Gasteiger partial charge in [0.25, 0.3) is 11.8 Å². The van der Waals surface area contributed by atoms with Gasteiger partial charge in [-0.3, -0.25) is 19.6 Å². The Hall–Kier alpha value is -2.76. The van der Waals surface area contributed by atoms with Crippen LogP contribution in [0.5, 0.6) is 0 Å². The fourth-order valence-electron chi connectivity index (χ4n) is 3.31. The molecule has 26 heavy (non-hydrogen) atoms. The van der Waals surface area contributed by atoms with Crippen molar-refractivity contribution in [3.8, 4) is 0 Å². The van der Waals surface area contributed by atoms with E-state index in [-0.39, 0.29) is 17.9 Å². The van der Waals surface area contributed by atoms with Crippen LogP contribution in [0.25, 0.3) is 0 Å². The first-order chi connectivity index (χ1) is 12.7. The zero-order chi connectivity index (χ0) is 18.4. The lowest BCUT2D eigenvalue weighted by Crippen LogP contribution is -2.43. The SMILES string of the molecule is CCC1CCCCN1C(=O)c1cc(C(=O)NCc2ccncc2)ccn1. The summed E-state index contributed by atoms with van der Waals surface area (Å²) >= 11 is 0. The normalized spacial score (nSPS) is 17.0. The number of aromatic nitrogens is 2. The van der Waals surface area contributed by atoms with Gasteiger partial charge in [0.15, 0.2) is 0 Å². The van der Waals surface area contributed by atoms with Crippen molar-refractivity contribution < 1.29 is 9.59 Å². The number of likely N-dealkylation sites (tertiary alicyclic amines) is 1. The molecule has 1 aliphatic heterocycles. The standard InChI is InChI=1S/C20H24N4O2/c1-2-17-5-3-4-12-24(17)20(26)18-13-16(8-11-22-18)19(25)23-14-15-6-9-21-10-7-15/h6-11,13,17H,2-5,12,14H2,1H3,(H,23,25). The van der Waals surface area contributed by atoms with Crippen molar-refractivity contribution in [3.63, 3.8) is 0 Å². The van der Waals surface area contributed by atoms with Crippen LogP contribution in [0.3, 0.4) is 0 Å². The van der Waals surface area contributed by atoms with Crippen molar-refractivity contribution in [2.45, 2.75) is 45.2 Å². The van der Waals surface area contributed by atoms with Crippen LogP contribution in [0.4, 0.5) is 0 Å². The molecule has 6 heteroatoms. The summed E-state index contributed by atoms with van der Waals surface area (Å²) < 4.78 is 0. The van der Waals surface area contributed by atoms with Crippen LogP contribution in [0.15, 0.2) is 42.9 Å². The van der Waals surface area contributed by atoms with Gasteiger partial charge in [-0.2, -0.15) is 0 Å². The minimum absolute atomic E-state index is 0.0830. The van der Waals surface area contributed by atoms with Crippen LogP contribution in [0.2, 0.25) is 0 Å². The Labute approximate surface area is 153 Å². The first kappa shape index (κ1) is 18.0. The lowest BCUT2D eigenvalue weighted by Gasteiger charge is -2.35. The smallest absolute Gasteiger partial charge is 0.272 e. The van der Waals surface area contributed by atoms with Crippen molar-refractivity contribution in [1.82, 2.24) is 20.2 Å². The number of amides is 2. The largest absolute Gasteiger partial charge is 0.348 e. The molecule has 1 fully saturated rings. The predicted molar refractivity (Wildman–Crippen MR) is 98.6 cm³/mol. The number of hydrogen-bond acceptors (Lipinski definition) is 4. The Balaban J connectivity index is 1.69. The van der Waals surface area contributed by atoms with Gasteiger partial charge in [0.05, 0.1) is 0 Å². The van der Waals surface area contributed by atoms with Crippen molar-refractivity contribution in [2.75, 3.05) is 6.54 Å². The second-order valence-corrected chi connectivity index (χ2v) is 6.52. The molecule has 1 N–H and O–H groups in total. The number of rotatable bonds is 5. The Morgan fingerprint density at radius 1 is 1.19 bits per heavy atom. The summed E-state index contributed by atoms with van der Waals surface area (Å²) in [6, 6.07) is 7.19. The molecule has 6 nitrogen and oxygen atoms in total. The van der Waals surface area contributed by atoms with Crippen LogP contribution in [-0.4, -0.2) is 39.3 Å². The fraction of sp³-hybridized carbons (Fsp3) is 0.400. The molecule has 1 saturated heterocycles. The molecule has 2 amide bonds. The Morgan fingerprint density at radius 2 is 2.00 bits per heavy atom. The summed E-state index contributed by atoms with van der Waals surface area (Å²) in [7, 11) is 0. The third-order valence-corrected chi connectivity index (χ3v) is 4.80. The maximum absolute atomic E-state index is 12.8. The average molecular weight is 352 g/mol. The average Bonchev–Trinajstić information content (AvgIpc) is 2.72. The Bertz CT molecular complexity index is 763. The van der Waals surface area contributed by atoms with E-state index in [1.165, 1.54) is 6.20 Å². The molecule has 3 rings (SSSR count). The molecule has 0 saturated carbocycles. The summed E-state index contributed by atoms with van der Waals surface area (Å²) in [4.78, 5) is 35.3. The molecule has 3 heterocycles. The molecule has 2 aromatic heterocycles. The zero-order valence-electron chi connectivity index (χ0n) is 15.0. The van der Waals surface area contributed by atoms with Gasteiger partial charge in [-0.05, 0) is 55.5 Å². The topological polar surface area (TPSA) is 75.2 Å². The summed E-state index contributed by atoms with van der Waals surface area (Å²) in [6.45, 7) is 3.28. The minimum Gasteiger partial charge on any atom is -0.348 e. The number of hydrogen-bond donors (Lipinski definition) is 1. The van der Waals surface area contributed by atoms with E-state index in [1.807, 2.05) is 17.0 Å². The molecule has 1 atom stereocenters. The number of piperidine rings is 1. The molecule has 0 aromatic carbocycles. The van der Waals surface area contributed by atoms with Crippen molar-refractivity contribution in [2.24, 2.45) is 0 Å². The molecule has 2 aromatic rings. The Morgan fingerprint density at radius 3 is 2.77 bits per heavy atom. The van der Waals surface area contributed by atoms with E-state index in [0.29, 0.717) is 17.8 Å². The number of nitrogens with one attached hydrogen (secondary N) is 1. The van der Waals surface area contributed by atoms with E-state index < -0.39 is 0 Å². The van der Waals surface area contributed by atoms with Crippen LogP contribution < -0.4 is 5.32 Å². The van der Waals surface area contributed by atoms with E-state index >= 15 is 0 Å². The summed E-state index contributed by atoms with van der Waals surface area (Å²) in [5.74, 6) is -0.302. The highest BCUT2D eigenvalue weighted by Crippen LogP contribution is 2.21. The number of carbonyl (C=O) groups is 2. The van der Waals surface area contributed by atoms with Crippen LogP contribution in [0, 0.1) is 0 Å². The third-order valence-electron chi connectivity index (χ3n) is 4.80. The fourth-order valence-corrected chi connectivity index (χ4v) is 3.31. The highest BCUT2D eigenvalue weighted by atomic mass is 16.2. The van der Waals surface area contributed by atoms with Gasteiger partial charge < -0.3 is 10.2 Å². The molecule has 136 valence electrons. The van der Waals surface area contributed by atoms with Crippen molar-refractivity contribution >= 4 is 11.8 Å². The highest BCUT2D eigenvalue weighted by Gasteiger charge is 2.27. The van der Waals surface area contributed by atoms with E-state index in [0.717, 1.165) is 37.8 Å². The highest BCUT2D eigenvalue weighted by molar-refractivity contribution is 5.98. The first-order valence-electron chi connectivity index (χ1n) is 9.13. The molecule has 0 bridgehead atoms. The van der Waals surface area contributed by atoms with Gasteiger partial charge in [0.2, 0.25) is 0 Å². The van der Waals surface area contributed by atoms with Gasteiger partial charge in [-0.25, -0.2) is 0 Å². The summed E-state index contributed by atoms with van der Waals surface area (Å²) in [6.07, 6.45) is 9.06. The minimum atomic E-state index is -0.219. The van der Waals surface area contributed by atoms with E-state index in [9.17, 15) is 9.59 Å². The van der Waals surface area contributed by atoms with E-state index in [2.05, 4.69) is 22.2 Å². The van der Waals surface area contributed by atoms with Gasteiger partial charge in [0.1, 0.15) is 5.69 Å². The van der Waals surface area contributed by atoms with Gasteiger partial charge >= 0.3 is 0 Å². The van der Waals surface area contributed by atoms with Crippen molar-refractivity contribution in [3.05, 3.63) is 59.7 Å². The second-order valence-electron chi connectivity index (χ2n) is 6.52. The monoisotopic (exact) mass is 352 g/mol. The van der Waals surface area contributed by atoms with E-state index in [4.69, 9.17) is 0 Å². The maximum atomic E-state index is 12.8. The lowest BCUT2D eigenvalue weighted by atomic mass is 9.99. The molecule has 1 aliphatic rings. The Kier molecular flexibility index (Phi) is 5.94. The molecule has 0 spiro atoms. The predicted octanol–water partition coefficient (Wildman–Crippen LogP) is 2.81. The second kappa shape index (κ2) is 8.56. The maximum Gasteiger partial charge on any atom is 0.272 e. The third kappa shape index (κ3) is 4.25. The molecule has 0 aliphatic carbocycles. The summed E-state index contributed by atoms with van der Waals surface area (Å²) in [5, 5.41) is 2.86. The molecule has 1 unspecified atom stereocenters. The zero-order valence-corrected chi connectivity index (χ0v) is 15.0. The van der Waals surface area contributed by atoms with Crippen LogP contribution >= 0.6 is 0 Å². The van der Waals surface area contributed by atoms with Crippen LogP contribution in [-0.2, 0) is 6.54 Å². The molecule has 0 radical (unpaired) electrons. The first-order valence-corrected chi connectivity index (χ1v) is 9.13.